The van der Waals surface area contributed by atoms with Gasteiger partial charge in [0.25, 0.3) is 5.91 Å². The van der Waals surface area contributed by atoms with Crippen LogP contribution in [0.1, 0.15) is 51.4 Å². The lowest BCUT2D eigenvalue weighted by atomic mass is 10.1. The summed E-state index contributed by atoms with van der Waals surface area (Å²) in [4.78, 5) is 38.7. The fraction of sp³-hybridized carbons (Fsp3) is 0.550. The molecule has 0 saturated carbocycles. The number of rotatable bonds is 4. The van der Waals surface area contributed by atoms with Crippen LogP contribution >= 0.6 is 11.8 Å². The molecule has 4 aliphatic rings. The first-order valence-electron chi connectivity index (χ1n) is 10.1. The number of amides is 4. The van der Waals surface area contributed by atoms with Crippen LogP contribution in [0.25, 0.3) is 0 Å². The number of thioether (sulfide) groups is 1. The van der Waals surface area contributed by atoms with Gasteiger partial charge in [0.15, 0.2) is 6.23 Å². The summed E-state index contributed by atoms with van der Waals surface area (Å²) in [5, 5.41) is 8.86. The quantitative estimate of drug-likeness (QED) is 0.645. The molecule has 0 spiro atoms. The molecule has 5 rings (SSSR count). The van der Waals surface area contributed by atoms with Crippen molar-refractivity contribution in [2.24, 2.45) is 0 Å². The number of epoxide rings is 1. The summed E-state index contributed by atoms with van der Waals surface area (Å²) in [5.41, 5.74) is 2.55. The third kappa shape index (κ3) is 3.81. The van der Waals surface area contributed by atoms with Crippen molar-refractivity contribution in [3.63, 3.8) is 0 Å². The van der Waals surface area contributed by atoms with Gasteiger partial charge in [-0.05, 0) is 42.2 Å². The minimum absolute atomic E-state index is 0. The molecule has 4 aliphatic heterocycles. The molecule has 4 atom stereocenters. The maximum atomic E-state index is 13.0. The molecule has 0 aromatic heterocycles. The van der Waals surface area contributed by atoms with E-state index in [0.29, 0.717) is 31.5 Å². The van der Waals surface area contributed by atoms with E-state index < -0.39 is 0 Å². The summed E-state index contributed by atoms with van der Waals surface area (Å²) in [6, 6.07) is 5.52. The van der Waals surface area contributed by atoms with Crippen LogP contribution in [0.3, 0.4) is 0 Å². The average Bonchev–Trinajstić information content (AvgIpc) is 3.15. The van der Waals surface area contributed by atoms with Gasteiger partial charge in [0.05, 0.1) is 11.4 Å². The van der Waals surface area contributed by atoms with Crippen LogP contribution in [-0.2, 0) is 22.6 Å². The predicted molar refractivity (Wildman–Crippen MR) is 113 cm³/mol. The van der Waals surface area contributed by atoms with Crippen molar-refractivity contribution in [1.29, 1.82) is 0 Å². The number of urea groups is 1. The summed E-state index contributed by atoms with van der Waals surface area (Å²) in [6.07, 6.45) is 2.79. The fourth-order valence-corrected chi connectivity index (χ4v) is 5.50. The summed E-state index contributed by atoms with van der Waals surface area (Å²) < 4.78 is 5.56. The lowest BCUT2D eigenvalue weighted by Gasteiger charge is -2.25. The van der Waals surface area contributed by atoms with Gasteiger partial charge >= 0.3 is 6.03 Å². The summed E-state index contributed by atoms with van der Waals surface area (Å²) in [7, 11) is 0. The van der Waals surface area contributed by atoms with Crippen LogP contribution in [0.2, 0.25) is 0 Å². The number of nitrogens with one attached hydrogen (secondary N) is 3. The molecule has 3 N–H and O–H groups in total. The van der Waals surface area contributed by atoms with E-state index in [1.807, 2.05) is 23.1 Å². The number of fused-ring (bicyclic) bond motifs is 2. The molecule has 9 heteroatoms. The van der Waals surface area contributed by atoms with Crippen LogP contribution in [-0.4, -0.2) is 52.2 Å². The molecule has 0 aliphatic carbocycles. The second-order valence-electron chi connectivity index (χ2n) is 7.95. The van der Waals surface area contributed by atoms with E-state index in [-0.39, 0.29) is 45.9 Å². The third-order valence-corrected chi connectivity index (χ3v) is 7.24. The highest BCUT2D eigenvalue weighted by Crippen LogP contribution is 2.36. The Balaban J connectivity index is 0.00000121. The maximum absolute atomic E-state index is 13.0. The molecule has 8 nitrogen and oxygen atoms in total. The second-order valence-corrected chi connectivity index (χ2v) is 9.26. The van der Waals surface area contributed by atoms with Gasteiger partial charge in [0.2, 0.25) is 5.91 Å². The van der Waals surface area contributed by atoms with Crippen molar-refractivity contribution in [3.8, 4) is 0 Å². The third-order valence-electron chi connectivity index (χ3n) is 5.96. The molecule has 1 aromatic rings. The number of benzene rings is 1. The normalized spacial score (nSPS) is 30.3. The zero-order valence-electron chi connectivity index (χ0n) is 16.0. The molecule has 160 valence electrons. The van der Waals surface area contributed by atoms with Gasteiger partial charge in [-0.15, -0.1) is 11.8 Å². The Morgan fingerprint density at radius 3 is 3.07 bits per heavy atom. The van der Waals surface area contributed by atoms with Crippen molar-refractivity contribution in [2.45, 2.75) is 62.5 Å². The summed E-state index contributed by atoms with van der Waals surface area (Å²) >= 11 is 1.77. The molecule has 29 heavy (non-hydrogen) atoms. The SMILES string of the molecule is O=C1CCC(N2Cc3ccc(CNC(=O)NC4CCCS4)cc3C2=O)C2OC2N1.[HH].[HH].[HH]. The Morgan fingerprint density at radius 1 is 1.34 bits per heavy atom. The smallest absolute Gasteiger partial charge is 0.315 e. The maximum Gasteiger partial charge on any atom is 0.315 e. The van der Waals surface area contributed by atoms with Crippen molar-refractivity contribution >= 4 is 29.6 Å². The number of ether oxygens (including phenoxy) is 1. The van der Waals surface area contributed by atoms with Crippen molar-refractivity contribution in [1.82, 2.24) is 20.9 Å². The molecule has 4 unspecified atom stereocenters. The van der Waals surface area contributed by atoms with Crippen molar-refractivity contribution in [3.05, 3.63) is 34.9 Å². The molecule has 0 bridgehead atoms. The van der Waals surface area contributed by atoms with E-state index >= 15 is 0 Å². The molecule has 3 saturated heterocycles. The van der Waals surface area contributed by atoms with E-state index in [9.17, 15) is 14.4 Å². The van der Waals surface area contributed by atoms with Crippen LogP contribution < -0.4 is 16.0 Å². The number of carbonyl (C=O) groups is 3. The highest BCUT2D eigenvalue weighted by Gasteiger charge is 2.52. The van der Waals surface area contributed by atoms with Gasteiger partial charge in [-0.2, -0.15) is 0 Å². The number of nitrogens with zero attached hydrogens (tertiary/aromatic N) is 1. The minimum atomic E-state index is -0.261. The number of carbonyl (C=O) groups excluding carboxylic acids is 3. The topological polar surface area (TPSA) is 103 Å². The van der Waals surface area contributed by atoms with Gasteiger partial charge in [-0.25, -0.2) is 4.79 Å². The molecular formula is C20H30N4O4S. The van der Waals surface area contributed by atoms with E-state index in [2.05, 4.69) is 16.0 Å². The van der Waals surface area contributed by atoms with Crippen LogP contribution in [0, 0.1) is 0 Å². The van der Waals surface area contributed by atoms with Crippen LogP contribution in [0.5, 0.6) is 0 Å². The number of hydrogen-bond acceptors (Lipinski definition) is 5. The highest BCUT2D eigenvalue weighted by atomic mass is 32.2. The first-order chi connectivity index (χ1) is 14.1. The van der Waals surface area contributed by atoms with E-state index in [1.165, 1.54) is 0 Å². The predicted octanol–water partition coefficient (Wildman–Crippen LogP) is 2.04. The van der Waals surface area contributed by atoms with Crippen LogP contribution in [0.4, 0.5) is 4.79 Å². The number of hydrogen-bond donors (Lipinski definition) is 3. The van der Waals surface area contributed by atoms with Gasteiger partial charge in [-0.1, -0.05) is 12.1 Å². The Bertz CT molecular complexity index is 871. The van der Waals surface area contributed by atoms with E-state index in [4.69, 9.17) is 4.74 Å². The molecule has 4 amide bonds. The Morgan fingerprint density at radius 2 is 2.24 bits per heavy atom. The van der Waals surface area contributed by atoms with Gasteiger partial charge in [0, 0.05) is 29.4 Å². The summed E-state index contributed by atoms with van der Waals surface area (Å²) in [5.74, 6) is 1.04. The van der Waals surface area contributed by atoms with E-state index in [1.54, 1.807) is 11.8 Å². The largest absolute Gasteiger partial charge is 0.346 e. The van der Waals surface area contributed by atoms with Gasteiger partial charge < -0.3 is 25.6 Å². The monoisotopic (exact) mass is 422 g/mol. The first-order valence-corrected chi connectivity index (χ1v) is 11.2. The highest BCUT2D eigenvalue weighted by molar-refractivity contribution is 8.00. The standard InChI is InChI=1S/C20H24N4O4S.3H2/c25-15-6-5-14(17-18(22-15)28-17)24-10-12-4-3-11(8-13(12)19(24)26)9-21-20(27)23-16-2-1-7-29-16;;;/h3-4,8,14,16-18H,1-2,5-7,9-10H2,(H,22,25)(H2,21,23,27);3*1H. The zero-order valence-corrected chi connectivity index (χ0v) is 16.8. The van der Waals surface area contributed by atoms with Gasteiger partial charge in [-0.3, -0.25) is 9.59 Å². The molecule has 4 heterocycles. The van der Waals surface area contributed by atoms with E-state index in [0.717, 1.165) is 29.7 Å². The average molecular weight is 423 g/mol. The molecule has 1 aromatic carbocycles. The molecular weight excluding hydrogens is 392 g/mol. The van der Waals surface area contributed by atoms with Crippen LogP contribution in [0.15, 0.2) is 18.2 Å². The lowest BCUT2D eigenvalue weighted by molar-refractivity contribution is -0.121. The van der Waals surface area contributed by atoms with Gasteiger partial charge in [0.1, 0.15) is 6.10 Å². The lowest BCUT2D eigenvalue weighted by Crippen LogP contribution is -2.40. The first kappa shape index (κ1) is 18.7. The van der Waals surface area contributed by atoms with Crippen molar-refractivity contribution in [2.75, 3.05) is 5.75 Å². The Labute approximate surface area is 177 Å². The zero-order chi connectivity index (χ0) is 20.0. The second kappa shape index (κ2) is 7.53. The molecule has 0 radical (unpaired) electrons. The Kier molecular flexibility index (Phi) is 4.87. The minimum Gasteiger partial charge on any atom is -0.346 e. The Hall–Kier alpha value is -2.26. The summed E-state index contributed by atoms with van der Waals surface area (Å²) in [6.45, 7) is 0.909. The molecule has 3 fully saturated rings. The van der Waals surface area contributed by atoms with Crippen molar-refractivity contribution < 1.29 is 23.4 Å². The fourth-order valence-electron chi connectivity index (χ4n) is 4.36.